The van der Waals surface area contributed by atoms with Gasteiger partial charge in [0.15, 0.2) is 0 Å². The van der Waals surface area contributed by atoms with Crippen molar-refractivity contribution in [2.24, 2.45) is 0 Å². The monoisotopic (exact) mass is 288 g/mol. The van der Waals surface area contributed by atoms with Crippen molar-refractivity contribution >= 4 is 5.97 Å². The summed E-state index contributed by atoms with van der Waals surface area (Å²) in [6.07, 6.45) is 0. The molecule has 0 aliphatic heterocycles. The Morgan fingerprint density at radius 3 is 2.76 bits per heavy atom. The highest BCUT2D eigenvalue weighted by atomic mass is 19.1. The molecule has 0 spiro atoms. The van der Waals surface area contributed by atoms with Gasteiger partial charge >= 0.3 is 5.97 Å². The fourth-order valence-corrected chi connectivity index (χ4v) is 1.98. The molecule has 0 bridgehead atoms. The third-order valence-corrected chi connectivity index (χ3v) is 3.02. The minimum Gasteiger partial charge on any atom is -0.465 e. The van der Waals surface area contributed by atoms with Crippen LogP contribution in [-0.2, 0) is 17.8 Å². The molecule has 0 saturated heterocycles. The zero-order valence-corrected chi connectivity index (χ0v) is 12.0. The third-order valence-electron chi connectivity index (χ3n) is 3.02. The highest BCUT2D eigenvalue weighted by Gasteiger charge is 2.12. The van der Waals surface area contributed by atoms with Gasteiger partial charge in [-0.25, -0.2) is 9.18 Å². The molecule has 110 valence electrons. The van der Waals surface area contributed by atoms with E-state index in [2.05, 4.69) is 15.0 Å². The first kappa shape index (κ1) is 15.1. The Bertz CT molecular complexity index is 644. The predicted molar refractivity (Wildman–Crippen MR) is 77.3 cm³/mol. The molecule has 0 fully saturated rings. The molecule has 1 aromatic heterocycles. The van der Waals surface area contributed by atoms with E-state index in [4.69, 9.17) is 0 Å². The van der Waals surface area contributed by atoms with Crippen molar-refractivity contribution in [3.8, 4) is 0 Å². The SMILES string of the molecule is COC(=O)c1ccc(CNCc2cccc(C)n2)cc1F. The largest absolute Gasteiger partial charge is 0.465 e. The third kappa shape index (κ3) is 4.10. The van der Waals surface area contributed by atoms with Crippen LogP contribution in [0.1, 0.15) is 27.3 Å². The number of ether oxygens (including phenoxy) is 1. The van der Waals surface area contributed by atoms with Crippen LogP contribution in [0.5, 0.6) is 0 Å². The zero-order valence-electron chi connectivity index (χ0n) is 12.0. The van der Waals surface area contributed by atoms with Crippen molar-refractivity contribution in [3.63, 3.8) is 0 Å². The van der Waals surface area contributed by atoms with Crippen LogP contribution < -0.4 is 5.32 Å². The molecule has 0 aliphatic carbocycles. The summed E-state index contributed by atoms with van der Waals surface area (Å²) in [6, 6.07) is 10.3. The molecule has 1 aromatic carbocycles. The smallest absolute Gasteiger partial charge is 0.340 e. The maximum atomic E-state index is 13.7. The number of carbonyl (C=O) groups is 1. The number of aromatic nitrogens is 1. The number of nitrogens with zero attached hydrogens (tertiary/aromatic N) is 1. The molecular weight excluding hydrogens is 271 g/mol. The van der Waals surface area contributed by atoms with Gasteiger partial charge in [0.2, 0.25) is 0 Å². The number of aryl methyl sites for hydroxylation is 1. The van der Waals surface area contributed by atoms with Gasteiger partial charge in [0.1, 0.15) is 5.82 Å². The second kappa shape index (κ2) is 6.95. The molecule has 2 aromatic rings. The zero-order chi connectivity index (χ0) is 15.2. The summed E-state index contributed by atoms with van der Waals surface area (Å²) in [4.78, 5) is 15.7. The minimum atomic E-state index is -0.670. The lowest BCUT2D eigenvalue weighted by Gasteiger charge is -2.07. The van der Waals surface area contributed by atoms with Crippen LogP contribution in [0.2, 0.25) is 0 Å². The molecule has 0 atom stereocenters. The van der Waals surface area contributed by atoms with Crippen LogP contribution in [0.15, 0.2) is 36.4 Å². The molecule has 0 saturated carbocycles. The molecule has 0 aliphatic rings. The lowest BCUT2D eigenvalue weighted by molar-refractivity contribution is 0.0595. The van der Waals surface area contributed by atoms with Crippen LogP contribution in [0.25, 0.3) is 0 Å². The van der Waals surface area contributed by atoms with E-state index < -0.39 is 11.8 Å². The van der Waals surface area contributed by atoms with Crippen LogP contribution in [-0.4, -0.2) is 18.1 Å². The lowest BCUT2D eigenvalue weighted by Crippen LogP contribution is -2.14. The highest BCUT2D eigenvalue weighted by Crippen LogP contribution is 2.11. The molecule has 5 heteroatoms. The van der Waals surface area contributed by atoms with Gasteiger partial charge in [0.05, 0.1) is 18.4 Å². The summed E-state index contributed by atoms with van der Waals surface area (Å²) >= 11 is 0. The van der Waals surface area contributed by atoms with Gasteiger partial charge in [-0.3, -0.25) is 4.98 Å². The summed E-state index contributed by atoms with van der Waals surface area (Å²) in [5.41, 5.74) is 2.60. The Hall–Kier alpha value is -2.27. The summed E-state index contributed by atoms with van der Waals surface area (Å²) in [5.74, 6) is -1.24. The minimum absolute atomic E-state index is 0.0541. The van der Waals surface area contributed by atoms with E-state index in [-0.39, 0.29) is 5.56 Å². The van der Waals surface area contributed by atoms with Crippen molar-refractivity contribution in [3.05, 3.63) is 64.7 Å². The van der Waals surface area contributed by atoms with E-state index in [1.165, 1.54) is 19.2 Å². The van der Waals surface area contributed by atoms with E-state index in [0.717, 1.165) is 17.0 Å². The first-order valence-corrected chi connectivity index (χ1v) is 6.60. The molecule has 21 heavy (non-hydrogen) atoms. The number of methoxy groups -OCH3 is 1. The Labute approximate surface area is 123 Å². The van der Waals surface area contributed by atoms with Crippen LogP contribution in [0, 0.1) is 12.7 Å². The molecule has 1 heterocycles. The van der Waals surface area contributed by atoms with Gasteiger partial charge < -0.3 is 10.1 Å². The molecular formula is C16H17FN2O2. The van der Waals surface area contributed by atoms with Crippen molar-refractivity contribution in [2.45, 2.75) is 20.0 Å². The molecule has 4 nitrogen and oxygen atoms in total. The van der Waals surface area contributed by atoms with Crippen molar-refractivity contribution < 1.29 is 13.9 Å². The number of benzene rings is 1. The summed E-state index contributed by atoms with van der Waals surface area (Å²) in [5, 5.41) is 3.19. The topological polar surface area (TPSA) is 51.2 Å². The summed E-state index contributed by atoms with van der Waals surface area (Å²) < 4.78 is 18.3. The Kier molecular flexibility index (Phi) is 5.00. The normalized spacial score (nSPS) is 10.4. The maximum absolute atomic E-state index is 13.7. The van der Waals surface area contributed by atoms with Crippen molar-refractivity contribution in [2.75, 3.05) is 7.11 Å². The number of hydrogen-bond acceptors (Lipinski definition) is 4. The van der Waals surface area contributed by atoms with E-state index in [1.54, 1.807) is 6.07 Å². The first-order chi connectivity index (χ1) is 10.1. The van der Waals surface area contributed by atoms with E-state index >= 15 is 0 Å². The Morgan fingerprint density at radius 1 is 1.29 bits per heavy atom. The molecule has 0 amide bonds. The number of nitrogens with one attached hydrogen (secondary N) is 1. The molecule has 0 radical (unpaired) electrons. The Balaban J connectivity index is 1.95. The standard InChI is InChI=1S/C16H17FN2O2/c1-11-4-3-5-13(19-11)10-18-9-12-6-7-14(15(17)8-12)16(20)21-2/h3-8,18H,9-10H2,1-2H3. The quantitative estimate of drug-likeness (QED) is 0.859. The lowest BCUT2D eigenvalue weighted by atomic mass is 10.1. The van der Waals surface area contributed by atoms with Crippen molar-refractivity contribution in [1.29, 1.82) is 0 Å². The number of rotatable bonds is 5. The molecule has 2 rings (SSSR count). The first-order valence-electron chi connectivity index (χ1n) is 6.60. The van der Waals surface area contributed by atoms with Crippen LogP contribution in [0.3, 0.4) is 0 Å². The summed E-state index contributed by atoms with van der Waals surface area (Å²) in [6.45, 7) is 3.03. The van der Waals surface area contributed by atoms with E-state index in [1.807, 2.05) is 25.1 Å². The summed E-state index contributed by atoms with van der Waals surface area (Å²) in [7, 11) is 1.23. The predicted octanol–water partition coefficient (Wildman–Crippen LogP) is 2.61. The second-order valence-corrected chi connectivity index (χ2v) is 4.68. The van der Waals surface area contributed by atoms with Gasteiger partial charge in [-0.05, 0) is 36.8 Å². The highest BCUT2D eigenvalue weighted by molar-refractivity contribution is 5.89. The van der Waals surface area contributed by atoms with E-state index in [9.17, 15) is 9.18 Å². The maximum Gasteiger partial charge on any atom is 0.340 e. The van der Waals surface area contributed by atoms with Gasteiger partial charge in [-0.1, -0.05) is 12.1 Å². The fourth-order valence-electron chi connectivity index (χ4n) is 1.98. The number of esters is 1. The fraction of sp³-hybridized carbons (Fsp3) is 0.250. The van der Waals surface area contributed by atoms with Gasteiger partial charge in [-0.15, -0.1) is 0 Å². The number of pyridine rings is 1. The van der Waals surface area contributed by atoms with Gasteiger partial charge in [-0.2, -0.15) is 0 Å². The number of carbonyl (C=O) groups excluding carboxylic acids is 1. The van der Waals surface area contributed by atoms with Gasteiger partial charge in [0, 0.05) is 18.8 Å². The second-order valence-electron chi connectivity index (χ2n) is 4.68. The van der Waals surface area contributed by atoms with Crippen LogP contribution >= 0.6 is 0 Å². The average molecular weight is 288 g/mol. The average Bonchev–Trinajstić information content (AvgIpc) is 2.47. The van der Waals surface area contributed by atoms with E-state index in [0.29, 0.717) is 13.1 Å². The number of halogens is 1. The van der Waals surface area contributed by atoms with Crippen molar-refractivity contribution in [1.82, 2.24) is 10.3 Å². The molecule has 0 unspecified atom stereocenters. The Morgan fingerprint density at radius 2 is 2.10 bits per heavy atom. The molecule has 1 N–H and O–H groups in total. The van der Waals surface area contributed by atoms with Gasteiger partial charge in [0.25, 0.3) is 0 Å². The van der Waals surface area contributed by atoms with Crippen LogP contribution in [0.4, 0.5) is 4.39 Å². The number of hydrogen-bond donors (Lipinski definition) is 1.